The van der Waals surface area contributed by atoms with Crippen molar-refractivity contribution in [3.8, 4) is 0 Å². The monoisotopic (exact) mass is 479 g/mol. The Morgan fingerprint density at radius 3 is 2.48 bits per heavy atom. The van der Waals surface area contributed by atoms with Crippen molar-refractivity contribution in [3.05, 3.63) is 60.2 Å². The highest BCUT2D eigenvalue weighted by atomic mass is 127. The molecular formula is C21H30IN5. The number of halogens is 1. The zero-order valence-electron chi connectivity index (χ0n) is 16.0. The number of guanidine groups is 1. The maximum atomic E-state index is 5.98. The summed E-state index contributed by atoms with van der Waals surface area (Å²) in [5, 5.41) is 3.15. The summed E-state index contributed by atoms with van der Waals surface area (Å²) in [7, 11) is 0. The third-order valence-electron chi connectivity index (χ3n) is 4.70. The highest BCUT2D eigenvalue weighted by molar-refractivity contribution is 14.0. The summed E-state index contributed by atoms with van der Waals surface area (Å²) in [5.41, 5.74) is 9.50. The first-order chi connectivity index (χ1) is 12.7. The number of nitrogens with zero attached hydrogens (tertiary/aromatic N) is 3. The van der Waals surface area contributed by atoms with Gasteiger partial charge in [0.1, 0.15) is 0 Å². The van der Waals surface area contributed by atoms with Crippen LogP contribution in [0.1, 0.15) is 12.0 Å². The lowest BCUT2D eigenvalue weighted by atomic mass is 10.2. The second kappa shape index (κ2) is 11.1. The number of aliphatic imine (C=N–C) groups is 1. The van der Waals surface area contributed by atoms with E-state index in [9.17, 15) is 0 Å². The van der Waals surface area contributed by atoms with Gasteiger partial charge in [0.05, 0.1) is 0 Å². The number of hydrogen-bond donors (Lipinski definition) is 2. The van der Waals surface area contributed by atoms with Gasteiger partial charge in [-0.25, -0.2) is 0 Å². The van der Waals surface area contributed by atoms with Crippen molar-refractivity contribution in [1.82, 2.24) is 4.90 Å². The van der Waals surface area contributed by atoms with Crippen molar-refractivity contribution in [2.45, 2.75) is 13.3 Å². The van der Waals surface area contributed by atoms with E-state index in [-0.39, 0.29) is 24.0 Å². The first-order valence-corrected chi connectivity index (χ1v) is 9.37. The summed E-state index contributed by atoms with van der Waals surface area (Å²) >= 11 is 0. The summed E-state index contributed by atoms with van der Waals surface area (Å²) in [5.74, 6) is 0.490. The first-order valence-electron chi connectivity index (χ1n) is 9.37. The van der Waals surface area contributed by atoms with Gasteiger partial charge in [-0.3, -0.25) is 9.89 Å². The molecule has 6 heteroatoms. The van der Waals surface area contributed by atoms with E-state index in [0.29, 0.717) is 5.96 Å². The molecular weight excluding hydrogens is 449 g/mol. The van der Waals surface area contributed by atoms with Crippen LogP contribution in [0.2, 0.25) is 0 Å². The number of para-hydroxylation sites is 1. The van der Waals surface area contributed by atoms with E-state index < -0.39 is 0 Å². The van der Waals surface area contributed by atoms with Crippen LogP contribution in [0.5, 0.6) is 0 Å². The first kappa shape index (κ1) is 21.5. The summed E-state index contributed by atoms with van der Waals surface area (Å²) < 4.78 is 0. The minimum absolute atomic E-state index is 0. The summed E-state index contributed by atoms with van der Waals surface area (Å²) in [4.78, 5) is 9.41. The summed E-state index contributed by atoms with van der Waals surface area (Å²) in [6.45, 7) is 8.28. The molecule has 0 spiro atoms. The number of nitrogens with one attached hydrogen (secondary N) is 1. The minimum Gasteiger partial charge on any atom is -0.370 e. The van der Waals surface area contributed by atoms with Gasteiger partial charge in [0.25, 0.3) is 0 Å². The summed E-state index contributed by atoms with van der Waals surface area (Å²) in [6.07, 6.45) is 1.03. The van der Waals surface area contributed by atoms with Gasteiger partial charge in [0, 0.05) is 50.6 Å². The SMILES string of the molecule is Cc1cccc(NC(N)=NCCCN2CCN(c3ccccc3)CC2)c1.I. The molecule has 1 fully saturated rings. The van der Waals surface area contributed by atoms with Gasteiger partial charge in [-0.15, -0.1) is 24.0 Å². The number of aryl methyl sites for hydroxylation is 1. The van der Waals surface area contributed by atoms with Gasteiger partial charge in [0.2, 0.25) is 0 Å². The normalized spacial score (nSPS) is 15.3. The van der Waals surface area contributed by atoms with E-state index in [4.69, 9.17) is 5.73 Å². The lowest BCUT2D eigenvalue weighted by Gasteiger charge is -2.36. The van der Waals surface area contributed by atoms with Gasteiger partial charge in [-0.1, -0.05) is 30.3 Å². The van der Waals surface area contributed by atoms with Crippen molar-refractivity contribution in [2.24, 2.45) is 10.7 Å². The molecule has 0 aliphatic carbocycles. The molecule has 0 unspecified atom stereocenters. The second-order valence-electron chi connectivity index (χ2n) is 6.78. The van der Waals surface area contributed by atoms with Crippen LogP contribution >= 0.6 is 24.0 Å². The molecule has 0 saturated carbocycles. The van der Waals surface area contributed by atoms with Gasteiger partial charge in [0.15, 0.2) is 5.96 Å². The predicted molar refractivity (Wildman–Crippen MR) is 126 cm³/mol. The fourth-order valence-electron chi connectivity index (χ4n) is 3.27. The van der Waals surface area contributed by atoms with Crippen LogP contribution in [0.25, 0.3) is 0 Å². The molecule has 27 heavy (non-hydrogen) atoms. The van der Waals surface area contributed by atoms with Crippen LogP contribution in [0.4, 0.5) is 11.4 Å². The minimum atomic E-state index is 0. The summed E-state index contributed by atoms with van der Waals surface area (Å²) in [6, 6.07) is 18.8. The van der Waals surface area contributed by atoms with E-state index >= 15 is 0 Å². The Hall–Kier alpha value is -1.80. The molecule has 0 bridgehead atoms. The smallest absolute Gasteiger partial charge is 0.193 e. The third-order valence-corrected chi connectivity index (χ3v) is 4.70. The molecule has 5 nitrogen and oxygen atoms in total. The van der Waals surface area contributed by atoms with Crippen molar-refractivity contribution in [1.29, 1.82) is 0 Å². The Bertz CT molecular complexity index is 712. The van der Waals surface area contributed by atoms with Crippen molar-refractivity contribution < 1.29 is 0 Å². The van der Waals surface area contributed by atoms with E-state index in [2.05, 4.69) is 69.5 Å². The van der Waals surface area contributed by atoms with Crippen LogP contribution in [-0.2, 0) is 0 Å². The fraction of sp³-hybridized carbons (Fsp3) is 0.381. The van der Waals surface area contributed by atoms with E-state index in [1.807, 2.05) is 12.1 Å². The average Bonchev–Trinajstić information content (AvgIpc) is 2.66. The Labute approximate surface area is 179 Å². The molecule has 0 amide bonds. The number of nitrogens with two attached hydrogens (primary N) is 1. The molecule has 1 heterocycles. The molecule has 0 aromatic heterocycles. The fourth-order valence-corrected chi connectivity index (χ4v) is 3.27. The number of piperazine rings is 1. The highest BCUT2D eigenvalue weighted by Gasteiger charge is 2.16. The predicted octanol–water partition coefficient (Wildman–Crippen LogP) is 3.55. The zero-order chi connectivity index (χ0) is 18.2. The van der Waals surface area contributed by atoms with Crippen molar-refractivity contribution in [2.75, 3.05) is 49.5 Å². The van der Waals surface area contributed by atoms with Gasteiger partial charge < -0.3 is 16.0 Å². The molecule has 2 aromatic rings. The number of rotatable bonds is 6. The molecule has 1 aliphatic heterocycles. The molecule has 0 atom stereocenters. The number of hydrogen-bond acceptors (Lipinski definition) is 3. The van der Waals surface area contributed by atoms with Gasteiger partial charge >= 0.3 is 0 Å². The van der Waals surface area contributed by atoms with Crippen LogP contribution < -0.4 is 16.0 Å². The topological polar surface area (TPSA) is 56.9 Å². The van der Waals surface area contributed by atoms with Crippen LogP contribution in [-0.4, -0.2) is 50.1 Å². The molecule has 1 saturated heterocycles. The molecule has 2 aromatic carbocycles. The third kappa shape index (κ3) is 7.03. The Kier molecular flexibility index (Phi) is 8.87. The maximum absolute atomic E-state index is 5.98. The molecule has 0 radical (unpaired) electrons. The lowest BCUT2D eigenvalue weighted by molar-refractivity contribution is 0.256. The Balaban J connectivity index is 0.00000261. The van der Waals surface area contributed by atoms with E-state index in [1.54, 1.807) is 0 Å². The number of benzene rings is 2. The van der Waals surface area contributed by atoms with Gasteiger partial charge in [-0.2, -0.15) is 0 Å². The number of anilines is 2. The Morgan fingerprint density at radius 1 is 1.04 bits per heavy atom. The standard InChI is InChI=1S/C21H29N5.HI/c1-18-7-5-8-19(17-18)24-21(22)23-11-6-12-25-13-15-26(16-14-25)20-9-3-2-4-10-20;/h2-5,7-10,17H,6,11-16H2,1H3,(H3,22,23,24);1H. The largest absolute Gasteiger partial charge is 0.370 e. The van der Waals surface area contributed by atoms with E-state index in [0.717, 1.165) is 51.4 Å². The zero-order valence-corrected chi connectivity index (χ0v) is 18.3. The lowest BCUT2D eigenvalue weighted by Crippen LogP contribution is -2.46. The molecule has 3 rings (SSSR count). The van der Waals surface area contributed by atoms with Crippen molar-refractivity contribution in [3.63, 3.8) is 0 Å². The maximum Gasteiger partial charge on any atom is 0.193 e. The van der Waals surface area contributed by atoms with Crippen LogP contribution in [0, 0.1) is 6.92 Å². The van der Waals surface area contributed by atoms with Crippen molar-refractivity contribution >= 4 is 41.3 Å². The van der Waals surface area contributed by atoms with Crippen LogP contribution in [0.15, 0.2) is 59.6 Å². The van der Waals surface area contributed by atoms with Crippen LogP contribution in [0.3, 0.4) is 0 Å². The Morgan fingerprint density at radius 2 is 1.78 bits per heavy atom. The van der Waals surface area contributed by atoms with Gasteiger partial charge in [-0.05, 0) is 43.2 Å². The second-order valence-corrected chi connectivity index (χ2v) is 6.78. The molecule has 1 aliphatic rings. The molecule has 146 valence electrons. The highest BCUT2D eigenvalue weighted by Crippen LogP contribution is 2.15. The average molecular weight is 479 g/mol. The van der Waals surface area contributed by atoms with E-state index in [1.165, 1.54) is 11.3 Å². The molecule has 3 N–H and O–H groups in total. The quantitative estimate of drug-likeness (QED) is 0.288.